The van der Waals surface area contributed by atoms with Crippen molar-refractivity contribution in [2.75, 3.05) is 5.32 Å². The maximum absolute atomic E-state index is 12.7. The van der Waals surface area contributed by atoms with Gasteiger partial charge in [0.25, 0.3) is 0 Å². The van der Waals surface area contributed by atoms with E-state index in [1.165, 1.54) is 18.2 Å². The Morgan fingerprint density at radius 2 is 1.44 bits per heavy atom. The van der Waals surface area contributed by atoms with E-state index in [1.54, 1.807) is 90.1 Å². The number of ether oxygens (including phenoxy) is 2. The van der Waals surface area contributed by atoms with Crippen LogP contribution in [0, 0.1) is 6.07 Å². The first-order chi connectivity index (χ1) is 19.7. The number of hydrogen-bond donors (Lipinski definition) is 2. The Kier molecular flexibility index (Phi) is 12.7. The second-order valence-electron chi connectivity index (χ2n) is 11.4. The molecule has 0 saturated carbocycles. The van der Waals surface area contributed by atoms with Crippen LogP contribution >= 0.6 is 0 Å². The van der Waals surface area contributed by atoms with Crippen LogP contribution in [0.4, 0.5) is 16.2 Å². The molecule has 0 aliphatic rings. The minimum absolute atomic E-state index is 0. The van der Waals surface area contributed by atoms with Crippen molar-refractivity contribution in [3.63, 3.8) is 0 Å². The molecule has 0 heterocycles. The summed E-state index contributed by atoms with van der Waals surface area (Å²) in [5, 5.41) is 29.8. The number of anilines is 1. The Bertz CT molecular complexity index is 1420. The van der Waals surface area contributed by atoms with Crippen molar-refractivity contribution >= 4 is 35.4 Å². The number of benzene rings is 3. The third kappa shape index (κ3) is 12.8. The van der Waals surface area contributed by atoms with Gasteiger partial charge in [0.15, 0.2) is 0 Å². The summed E-state index contributed by atoms with van der Waals surface area (Å²) >= 11 is 0. The summed E-state index contributed by atoms with van der Waals surface area (Å²) < 4.78 is 10.4. The van der Waals surface area contributed by atoms with Gasteiger partial charge >= 0.3 is 6.09 Å². The van der Waals surface area contributed by atoms with Crippen molar-refractivity contribution < 1.29 is 55.1 Å². The Balaban J connectivity index is 0.00000645. The minimum Gasteiger partial charge on any atom is -0.901 e. The van der Waals surface area contributed by atoms with Gasteiger partial charge in [-0.05, 0) is 61.7 Å². The fraction of sp³-hybridized carbons (Fsp3) is 0.312. The van der Waals surface area contributed by atoms with Crippen molar-refractivity contribution in [2.45, 2.75) is 65.8 Å². The van der Waals surface area contributed by atoms with E-state index in [1.807, 2.05) is 0 Å². The molecule has 11 heteroatoms. The van der Waals surface area contributed by atoms with E-state index in [0.717, 1.165) is 11.1 Å². The van der Waals surface area contributed by atoms with Gasteiger partial charge in [0, 0.05) is 43.7 Å². The van der Waals surface area contributed by atoms with Gasteiger partial charge in [0.05, 0.1) is 12.2 Å². The Labute approximate surface area is 271 Å². The summed E-state index contributed by atoms with van der Waals surface area (Å²) in [4.78, 5) is 32.4. The maximum Gasteiger partial charge on any atom is 0.407 e. The maximum atomic E-state index is 12.7. The van der Waals surface area contributed by atoms with Gasteiger partial charge in [-0.2, -0.15) is 0 Å². The van der Waals surface area contributed by atoms with Crippen LogP contribution < -0.4 is 20.8 Å². The second-order valence-corrected chi connectivity index (χ2v) is 11.4. The van der Waals surface area contributed by atoms with E-state index in [-0.39, 0.29) is 50.4 Å². The molecule has 0 fully saturated rings. The number of carbonyl (C=O) groups is 2. The third-order valence-corrected chi connectivity index (χ3v) is 5.30. The van der Waals surface area contributed by atoms with Crippen LogP contribution in [0.3, 0.4) is 0 Å². The minimum atomic E-state index is -0.637. The average molecular weight is 750 g/mol. The molecule has 0 bridgehead atoms. The standard InChI is InChI=1S/C32H37N4O6.Hf/c1-31(2,3)41-29(39)33-19-21-7-15-25(16-8-21)35-27(37)23-11-13-24(14-12-23)28(38)36-26-17-9-22(10-18-26)20-34-30(40)42-32(4,5)6;/h7-13,15-18H,19-20H2,1-6H3,(H,33,39)(H,34,40)(H,35,37)(H,36,38);/q-1;/p-2. The predicted octanol–water partition coefficient (Wildman–Crippen LogP) is 4.23. The largest absolute Gasteiger partial charge is 0.901 e. The van der Waals surface area contributed by atoms with Gasteiger partial charge < -0.3 is 35.3 Å². The predicted molar refractivity (Wildman–Crippen MR) is 157 cm³/mol. The van der Waals surface area contributed by atoms with Gasteiger partial charge in [-0.25, -0.2) is 4.79 Å². The number of alkyl carbamates (subject to hydrolysis) is 1. The summed E-state index contributed by atoms with van der Waals surface area (Å²) in [5.74, 6) is -0.877. The molecule has 43 heavy (non-hydrogen) atoms. The molecule has 0 atom stereocenters. The zero-order valence-corrected chi connectivity index (χ0v) is 28.7. The first-order valence-corrected chi connectivity index (χ1v) is 13.3. The number of nitrogens with zero attached hydrogens (tertiary/aromatic N) is 2. The Morgan fingerprint density at radius 3 is 2.00 bits per heavy atom. The first-order valence-electron chi connectivity index (χ1n) is 13.3. The Hall–Kier alpha value is -3.99. The normalized spacial score (nSPS) is 12.1. The molecule has 10 nitrogen and oxygen atoms in total. The molecule has 0 unspecified atom stereocenters. The van der Waals surface area contributed by atoms with E-state index in [9.17, 15) is 19.8 Å². The molecule has 0 saturated heterocycles. The van der Waals surface area contributed by atoms with Crippen LogP contribution in [0.25, 0.3) is 0 Å². The van der Waals surface area contributed by atoms with Gasteiger partial charge in [-0.1, -0.05) is 45.0 Å². The molecule has 3 rings (SSSR count). The number of nitrogens with one attached hydrogen (secondary N) is 2. The van der Waals surface area contributed by atoms with Gasteiger partial charge in [0.2, 0.25) is 5.91 Å². The molecule has 3 aromatic carbocycles. The Morgan fingerprint density at radius 1 is 0.837 bits per heavy atom. The molecule has 226 valence electrons. The van der Waals surface area contributed by atoms with Crippen LogP contribution in [-0.2, 0) is 48.4 Å². The van der Waals surface area contributed by atoms with Crippen LogP contribution in [0.1, 0.15) is 68.6 Å². The molecular weight excluding hydrogens is 715 g/mol. The quantitative estimate of drug-likeness (QED) is 0.153. The van der Waals surface area contributed by atoms with Crippen molar-refractivity contribution in [3.05, 3.63) is 95.1 Å². The average Bonchev–Trinajstić information content (AvgIpc) is 2.90. The monoisotopic (exact) mass is 751 g/mol. The molecule has 0 aliphatic heterocycles. The number of rotatable bonds is 8. The van der Waals surface area contributed by atoms with Crippen molar-refractivity contribution in [1.29, 1.82) is 0 Å². The molecule has 2 N–H and O–H groups in total. The summed E-state index contributed by atoms with van der Waals surface area (Å²) in [6, 6.07) is 21.0. The van der Waals surface area contributed by atoms with Crippen LogP contribution in [0.15, 0.2) is 76.7 Å². The second kappa shape index (κ2) is 15.5. The zero-order chi connectivity index (χ0) is 30.9. The van der Waals surface area contributed by atoms with Crippen LogP contribution in [0.2, 0.25) is 0 Å². The topological polar surface area (TPSA) is 148 Å². The van der Waals surface area contributed by atoms with Crippen LogP contribution in [0.5, 0.6) is 0 Å². The summed E-state index contributed by atoms with van der Waals surface area (Å²) in [6.07, 6.45) is -1.14. The fourth-order valence-electron chi connectivity index (χ4n) is 3.40. The molecular formula is C32H35HfN4O6-3. The number of aliphatic imine (C=N–C) groups is 2. The number of hydrogen-bond acceptors (Lipinski definition) is 8. The van der Waals surface area contributed by atoms with Gasteiger partial charge in [-0.3, -0.25) is 9.79 Å². The van der Waals surface area contributed by atoms with E-state index < -0.39 is 29.3 Å². The fourth-order valence-corrected chi connectivity index (χ4v) is 3.40. The van der Waals surface area contributed by atoms with Crippen molar-refractivity contribution in [2.24, 2.45) is 9.98 Å². The molecule has 0 aromatic heterocycles. The number of carbonyl (C=O) groups excluding carboxylic acids is 2. The van der Waals surface area contributed by atoms with E-state index >= 15 is 0 Å². The van der Waals surface area contributed by atoms with Crippen LogP contribution in [-0.4, -0.2) is 35.2 Å². The third-order valence-electron chi connectivity index (χ3n) is 5.30. The summed E-state index contributed by atoms with van der Waals surface area (Å²) in [7, 11) is 0. The van der Waals surface area contributed by atoms with Crippen molar-refractivity contribution in [3.8, 4) is 0 Å². The summed E-state index contributed by atoms with van der Waals surface area (Å²) in [6.45, 7) is 11.1. The van der Waals surface area contributed by atoms with E-state index in [2.05, 4.69) is 26.7 Å². The van der Waals surface area contributed by atoms with E-state index in [0.29, 0.717) is 16.9 Å². The molecule has 0 radical (unpaired) electrons. The summed E-state index contributed by atoms with van der Waals surface area (Å²) in [5.41, 5.74) is 1.94. The van der Waals surface area contributed by atoms with Crippen molar-refractivity contribution in [1.82, 2.24) is 5.32 Å². The first kappa shape index (κ1) is 35.2. The van der Waals surface area contributed by atoms with E-state index in [4.69, 9.17) is 9.47 Å². The molecule has 0 spiro atoms. The molecule has 0 aliphatic carbocycles. The molecule has 3 aromatic rings. The smallest absolute Gasteiger partial charge is 0.407 e. The SMILES string of the molecule is CC(C)(C)OC(=O)NCc1ccc(NC(=O)c2c[c-]c(C([O-])=Nc3ccc(CN=C([O-])OC(C)(C)C)cc3)cc2)cc1.[Hf]. The van der Waals surface area contributed by atoms with Gasteiger partial charge in [-0.15, -0.1) is 35.7 Å². The zero-order valence-electron chi connectivity index (χ0n) is 25.1. The molecule has 2 amide bonds. The van der Waals surface area contributed by atoms with Gasteiger partial charge in [0.1, 0.15) is 11.7 Å². The number of amides is 2.